The summed E-state index contributed by atoms with van der Waals surface area (Å²) in [7, 11) is 0. The Morgan fingerprint density at radius 1 is 1.08 bits per heavy atom. The van der Waals surface area contributed by atoms with Crippen LogP contribution in [0.15, 0.2) is 0 Å². The van der Waals surface area contributed by atoms with Crippen LogP contribution in [0, 0.1) is 11.3 Å². The topological polar surface area (TPSA) is 38.0 Å². The maximum Gasteiger partial charge on any atom is 0.0223 e. The normalized spacial score (nSPS) is 13.8. The van der Waals surface area contributed by atoms with Crippen molar-refractivity contribution in [1.29, 1.82) is 0 Å². The molecule has 0 aromatic carbocycles. The highest BCUT2D eigenvalue weighted by Gasteiger charge is 2.22. The highest BCUT2D eigenvalue weighted by atomic mass is 14.9. The first-order valence-electron chi connectivity index (χ1n) is 5.15. The van der Waals surface area contributed by atoms with Gasteiger partial charge in [-0.1, -0.05) is 27.7 Å². The quantitative estimate of drug-likeness (QED) is 0.689. The summed E-state index contributed by atoms with van der Waals surface area (Å²) in [6, 6.07) is 0. The van der Waals surface area contributed by atoms with Gasteiger partial charge in [-0.05, 0) is 25.2 Å². The van der Waals surface area contributed by atoms with Gasteiger partial charge in [-0.2, -0.15) is 0 Å². The molecule has 0 amide bonds. The Bertz CT molecular complexity index is 143. The van der Waals surface area contributed by atoms with E-state index >= 15 is 0 Å². The van der Waals surface area contributed by atoms with E-state index in [0.29, 0.717) is 11.3 Å². The fourth-order valence-electron chi connectivity index (χ4n) is 0.911. The molecular formula is C11H26N2. The number of hydrogen-bond donors (Lipinski definition) is 2. The van der Waals surface area contributed by atoms with Gasteiger partial charge < -0.3 is 11.1 Å². The van der Waals surface area contributed by atoms with Gasteiger partial charge in [0, 0.05) is 18.6 Å². The van der Waals surface area contributed by atoms with E-state index < -0.39 is 0 Å². The summed E-state index contributed by atoms with van der Waals surface area (Å²) in [5.74, 6) is 0.695. The molecule has 3 N–H and O–H groups in total. The average Bonchev–Trinajstić information content (AvgIpc) is 1.82. The van der Waals surface area contributed by atoms with Crippen molar-refractivity contribution in [3.05, 3.63) is 0 Å². The SMILES string of the molecule is CC(C)C(C)(C)CNCC(C)(C)N. The monoisotopic (exact) mass is 186 g/mol. The van der Waals surface area contributed by atoms with E-state index in [9.17, 15) is 0 Å². The Hall–Kier alpha value is -0.0800. The van der Waals surface area contributed by atoms with Crippen molar-refractivity contribution in [2.75, 3.05) is 13.1 Å². The van der Waals surface area contributed by atoms with Crippen LogP contribution in [0.5, 0.6) is 0 Å². The minimum atomic E-state index is -0.104. The summed E-state index contributed by atoms with van der Waals surface area (Å²) < 4.78 is 0. The Labute approximate surface area is 83.3 Å². The number of nitrogens with two attached hydrogens (primary N) is 1. The van der Waals surface area contributed by atoms with Gasteiger partial charge in [0.1, 0.15) is 0 Å². The Kier molecular flexibility index (Phi) is 4.40. The maximum absolute atomic E-state index is 5.88. The number of rotatable bonds is 5. The molecule has 0 saturated heterocycles. The Morgan fingerprint density at radius 2 is 1.54 bits per heavy atom. The smallest absolute Gasteiger partial charge is 0.0223 e. The zero-order chi connectivity index (χ0) is 10.7. The molecule has 0 atom stereocenters. The van der Waals surface area contributed by atoms with Gasteiger partial charge >= 0.3 is 0 Å². The lowest BCUT2D eigenvalue weighted by atomic mass is 9.81. The first-order chi connectivity index (χ1) is 5.65. The number of hydrogen-bond acceptors (Lipinski definition) is 2. The van der Waals surface area contributed by atoms with Crippen molar-refractivity contribution in [2.45, 2.75) is 47.1 Å². The molecular weight excluding hydrogens is 160 g/mol. The van der Waals surface area contributed by atoms with Crippen LogP contribution >= 0.6 is 0 Å². The molecule has 0 saturated carbocycles. The van der Waals surface area contributed by atoms with Gasteiger partial charge in [0.05, 0.1) is 0 Å². The molecule has 0 bridgehead atoms. The standard InChI is InChI=1S/C11H26N2/c1-9(2)10(3,4)7-13-8-11(5,6)12/h9,13H,7-8,12H2,1-6H3. The lowest BCUT2D eigenvalue weighted by molar-refractivity contribution is 0.232. The van der Waals surface area contributed by atoms with E-state index in [1.165, 1.54) is 0 Å². The Morgan fingerprint density at radius 3 is 1.85 bits per heavy atom. The van der Waals surface area contributed by atoms with E-state index in [-0.39, 0.29) is 5.54 Å². The van der Waals surface area contributed by atoms with Gasteiger partial charge in [-0.3, -0.25) is 0 Å². The second-order valence-corrected chi connectivity index (χ2v) is 5.74. The predicted molar refractivity (Wildman–Crippen MR) is 59.8 cm³/mol. The second kappa shape index (κ2) is 4.43. The highest BCUT2D eigenvalue weighted by molar-refractivity contribution is 4.79. The largest absolute Gasteiger partial charge is 0.324 e. The predicted octanol–water partition coefficient (Wildman–Crippen LogP) is 2.00. The molecule has 2 heteroatoms. The molecule has 0 aromatic heterocycles. The lowest BCUT2D eigenvalue weighted by Crippen LogP contribution is -2.46. The van der Waals surface area contributed by atoms with Gasteiger partial charge in [0.25, 0.3) is 0 Å². The van der Waals surface area contributed by atoms with Crippen LogP contribution in [-0.2, 0) is 0 Å². The molecule has 2 nitrogen and oxygen atoms in total. The van der Waals surface area contributed by atoms with E-state index in [0.717, 1.165) is 13.1 Å². The molecule has 0 aliphatic rings. The molecule has 80 valence electrons. The van der Waals surface area contributed by atoms with Crippen LogP contribution in [0.2, 0.25) is 0 Å². The second-order valence-electron chi connectivity index (χ2n) is 5.74. The van der Waals surface area contributed by atoms with Gasteiger partial charge in [-0.25, -0.2) is 0 Å². The lowest BCUT2D eigenvalue weighted by Gasteiger charge is -2.31. The fraction of sp³-hybridized carbons (Fsp3) is 1.00. The molecule has 0 radical (unpaired) electrons. The van der Waals surface area contributed by atoms with Crippen LogP contribution in [0.4, 0.5) is 0 Å². The summed E-state index contributed by atoms with van der Waals surface area (Å²) in [4.78, 5) is 0. The summed E-state index contributed by atoms with van der Waals surface area (Å²) >= 11 is 0. The van der Waals surface area contributed by atoms with E-state index in [1.807, 2.05) is 13.8 Å². The van der Waals surface area contributed by atoms with Gasteiger partial charge in [0.15, 0.2) is 0 Å². The van der Waals surface area contributed by atoms with Gasteiger partial charge in [-0.15, -0.1) is 0 Å². The van der Waals surface area contributed by atoms with Crippen LogP contribution in [0.25, 0.3) is 0 Å². The summed E-state index contributed by atoms with van der Waals surface area (Å²) in [6.45, 7) is 15.1. The minimum Gasteiger partial charge on any atom is -0.324 e. The number of nitrogens with one attached hydrogen (secondary N) is 1. The highest BCUT2D eigenvalue weighted by Crippen LogP contribution is 2.24. The van der Waals surface area contributed by atoms with Crippen LogP contribution < -0.4 is 11.1 Å². The molecule has 0 spiro atoms. The van der Waals surface area contributed by atoms with Crippen molar-refractivity contribution >= 4 is 0 Å². The van der Waals surface area contributed by atoms with Crippen molar-refractivity contribution in [1.82, 2.24) is 5.32 Å². The van der Waals surface area contributed by atoms with Crippen molar-refractivity contribution in [2.24, 2.45) is 17.1 Å². The van der Waals surface area contributed by atoms with E-state index in [2.05, 4.69) is 33.0 Å². The van der Waals surface area contributed by atoms with Crippen LogP contribution in [0.1, 0.15) is 41.5 Å². The third-order valence-corrected chi connectivity index (χ3v) is 2.72. The van der Waals surface area contributed by atoms with Crippen molar-refractivity contribution in [3.8, 4) is 0 Å². The van der Waals surface area contributed by atoms with Gasteiger partial charge in [0.2, 0.25) is 0 Å². The first kappa shape index (κ1) is 12.9. The maximum atomic E-state index is 5.88. The van der Waals surface area contributed by atoms with Crippen molar-refractivity contribution < 1.29 is 0 Å². The molecule has 0 aromatic rings. The third-order valence-electron chi connectivity index (χ3n) is 2.72. The van der Waals surface area contributed by atoms with E-state index in [4.69, 9.17) is 5.73 Å². The molecule has 0 rings (SSSR count). The van der Waals surface area contributed by atoms with Crippen LogP contribution in [-0.4, -0.2) is 18.6 Å². The zero-order valence-electron chi connectivity index (χ0n) is 10.1. The first-order valence-corrected chi connectivity index (χ1v) is 5.15. The molecule has 0 heterocycles. The minimum absolute atomic E-state index is 0.104. The Balaban J connectivity index is 3.77. The summed E-state index contributed by atoms with van der Waals surface area (Å²) in [6.07, 6.45) is 0. The summed E-state index contributed by atoms with van der Waals surface area (Å²) in [5.41, 5.74) is 6.13. The summed E-state index contributed by atoms with van der Waals surface area (Å²) in [5, 5.41) is 3.42. The van der Waals surface area contributed by atoms with E-state index in [1.54, 1.807) is 0 Å². The average molecular weight is 186 g/mol. The molecule has 0 unspecified atom stereocenters. The molecule has 0 fully saturated rings. The zero-order valence-corrected chi connectivity index (χ0v) is 10.1. The van der Waals surface area contributed by atoms with Crippen molar-refractivity contribution in [3.63, 3.8) is 0 Å². The molecule has 0 aliphatic carbocycles. The van der Waals surface area contributed by atoms with Crippen LogP contribution in [0.3, 0.4) is 0 Å². The fourth-order valence-corrected chi connectivity index (χ4v) is 0.911. The molecule has 0 aliphatic heterocycles. The third kappa shape index (κ3) is 6.05. The molecule has 13 heavy (non-hydrogen) atoms.